The molecule has 90 valence electrons. The fourth-order valence-electron chi connectivity index (χ4n) is 1.61. The van der Waals surface area contributed by atoms with Gasteiger partial charge in [-0.25, -0.2) is 4.98 Å². The van der Waals surface area contributed by atoms with Crippen molar-refractivity contribution in [3.05, 3.63) is 39.9 Å². The van der Waals surface area contributed by atoms with Gasteiger partial charge in [0.2, 0.25) is 0 Å². The van der Waals surface area contributed by atoms with E-state index in [0.29, 0.717) is 16.9 Å². The highest BCUT2D eigenvalue weighted by molar-refractivity contribution is 7.10. The molecule has 0 radical (unpaired) electrons. The maximum atomic E-state index is 5.82. The molecule has 0 amide bonds. The summed E-state index contributed by atoms with van der Waals surface area (Å²) in [6, 6.07) is 4.42. The summed E-state index contributed by atoms with van der Waals surface area (Å²) in [5.74, 6) is 1.18. The smallest absolute Gasteiger partial charge is 0.149 e. The van der Waals surface area contributed by atoms with Gasteiger partial charge in [-0.05, 0) is 17.4 Å². The average Bonchev–Trinajstić information content (AvgIpc) is 2.78. The highest BCUT2D eigenvalue weighted by Crippen LogP contribution is 2.29. The van der Waals surface area contributed by atoms with Gasteiger partial charge in [0.05, 0.1) is 18.4 Å². The molecular formula is C12H14ClN3S. The molecule has 0 aliphatic carbocycles. The Morgan fingerprint density at radius 2 is 2.18 bits per heavy atom. The number of nitrogens with one attached hydrogen (secondary N) is 1. The third kappa shape index (κ3) is 3.17. The Labute approximate surface area is 110 Å². The van der Waals surface area contributed by atoms with E-state index in [4.69, 9.17) is 11.6 Å². The molecule has 0 aromatic carbocycles. The Kier molecular flexibility index (Phi) is 3.97. The molecule has 0 bridgehead atoms. The van der Waals surface area contributed by atoms with E-state index in [1.807, 2.05) is 0 Å². The van der Waals surface area contributed by atoms with Crippen molar-refractivity contribution in [3.8, 4) is 0 Å². The predicted octanol–water partition coefficient (Wildman–Crippen LogP) is 4.00. The first-order valence-electron chi connectivity index (χ1n) is 5.44. The van der Waals surface area contributed by atoms with Crippen LogP contribution in [0.4, 0.5) is 5.82 Å². The number of anilines is 1. The number of hydrogen-bond acceptors (Lipinski definition) is 4. The lowest BCUT2D eigenvalue weighted by atomic mass is 10.0. The van der Waals surface area contributed by atoms with Gasteiger partial charge in [-0.2, -0.15) is 0 Å². The van der Waals surface area contributed by atoms with Gasteiger partial charge in [0, 0.05) is 4.88 Å². The molecular weight excluding hydrogens is 254 g/mol. The van der Waals surface area contributed by atoms with E-state index in [2.05, 4.69) is 46.6 Å². The van der Waals surface area contributed by atoms with Gasteiger partial charge in [0.25, 0.3) is 0 Å². The van der Waals surface area contributed by atoms with Crippen LogP contribution in [0.2, 0.25) is 5.15 Å². The number of rotatable bonds is 4. The molecule has 17 heavy (non-hydrogen) atoms. The Balaban J connectivity index is 2.19. The predicted molar refractivity (Wildman–Crippen MR) is 72.6 cm³/mol. The van der Waals surface area contributed by atoms with Crippen LogP contribution in [0.15, 0.2) is 29.9 Å². The first-order valence-corrected chi connectivity index (χ1v) is 6.70. The zero-order chi connectivity index (χ0) is 12.3. The standard InChI is InChI=1S/C12H14ClN3S/c1-8(2)12(9-4-3-5-17-9)16-11-7-14-6-10(13)15-11/h3-8,12H,1-2H3,(H,15,16). The fourth-order valence-corrected chi connectivity index (χ4v) is 2.70. The Morgan fingerprint density at radius 1 is 1.35 bits per heavy atom. The van der Waals surface area contributed by atoms with Crippen molar-refractivity contribution in [1.29, 1.82) is 0 Å². The maximum Gasteiger partial charge on any atom is 0.149 e. The minimum atomic E-state index is 0.239. The number of nitrogens with zero attached hydrogens (tertiary/aromatic N) is 2. The largest absolute Gasteiger partial charge is 0.361 e. The first kappa shape index (κ1) is 12.3. The molecule has 0 aliphatic rings. The van der Waals surface area contributed by atoms with Crippen molar-refractivity contribution >= 4 is 28.8 Å². The minimum Gasteiger partial charge on any atom is -0.361 e. The Hall–Kier alpha value is -1.13. The van der Waals surface area contributed by atoms with Crippen LogP contribution < -0.4 is 5.32 Å². The lowest BCUT2D eigenvalue weighted by molar-refractivity contribution is 0.552. The highest BCUT2D eigenvalue weighted by atomic mass is 35.5. The van der Waals surface area contributed by atoms with Crippen LogP contribution >= 0.6 is 22.9 Å². The van der Waals surface area contributed by atoms with Gasteiger partial charge in [-0.3, -0.25) is 4.98 Å². The molecule has 2 aromatic rings. The number of aromatic nitrogens is 2. The van der Waals surface area contributed by atoms with E-state index >= 15 is 0 Å². The van der Waals surface area contributed by atoms with Crippen molar-refractivity contribution in [2.75, 3.05) is 5.32 Å². The van der Waals surface area contributed by atoms with E-state index < -0.39 is 0 Å². The number of halogens is 1. The molecule has 1 N–H and O–H groups in total. The van der Waals surface area contributed by atoms with Gasteiger partial charge in [0.15, 0.2) is 0 Å². The summed E-state index contributed by atoms with van der Waals surface area (Å²) in [6.07, 6.45) is 3.22. The molecule has 2 heterocycles. The van der Waals surface area contributed by atoms with Gasteiger partial charge in [-0.1, -0.05) is 31.5 Å². The van der Waals surface area contributed by atoms with Gasteiger partial charge in [0.1, 0.15) is 11.0 Å². The molecule has 0 fully saturated rings. The van der Waals surface area contributed by atoms with Crippen LogP contribution in [-0.2, 0) is 0 Å². The van der Waals surface area contributed by atoms with Gasteiger partial charge < -0.3 is 5.32 Å². The van der Waals surface area contributed by atoms with Crippen molar-refractivity contribution in [3.63, 3.8) is 0 Å². The molecule has 0 spiro atoms. The maximum absolute atomic E-state index is 5.82. The second-order valence-electron chi connectivity index (χ2n) is 4.11. The summed E-state index contributed by atoms with van der Waals surface area (Å²) in [5, 5.41) is 5.86. The summed E-state index contributed by atoms with van der Waals surface area (Å²) in [4.78, 5) is 9.52. The van der Waals surface area contributed by atoms with E-state index in [9.17, 15) is 0 Å². The number of hydrogen-bond donors (Lipinski definition) is 1. The van der Waals surface area contributed by atoms with Crippen LogP contribution in [0, 0.1) is 5.92 Å². The minimum absolute atomic E-state index is 0.239. The van der Waals surface area contributed by atoms with Crippen LogP contribution in [0.1, 0.15) is 24.8 Å². The van der Waals surface area contributed by atoms with Crippen molar-refractivity contribution in [1.82, 2.24) is 9.97 Å². The average molecular weight is 268 g/mol. The van der Waals surface area contributed by atoms with Crippen molar-refractivity contribution in [2.45, 2.75) is 19.9 Å². The molecule has 0 saturated heterocycles. The summed E-state index contributed by atoms with van der Waals surface area (Å²) >= 11 is 7.56. The van der Waals surface area contributed by atoms with E-state index in [-0.39, 0.29) is 6.04 Å². The summed E-state index contributed by atoms with van der Waals surface area (Å²) in [5.41, 5.74) is 0. The third-order valence-electron chi connectivity index (χ3n) is 2.42. The van der Waals surface area contributed by atoms with Gasteiger partial charge in [-0.15, -0.1) is 11.3 Å². The summed E-state index contributed by atoms with van der Waals surface area (Å²) in [6.45, 7) is 4.35. The Bertz CT molecular complexity index is 470. The normalized spacial score (nSPS) is 12.7. The van der Waals surface area contributed by atoms with Crippen molar-refractivity contribution in [2.24, 2.45) is 5.92 Å². The first-order chi connectivity index (χ1) is 8.16. The molecule has 2 aromatic heterocycles. The fraction of sp³-hybridized carbons (Fsp3) is 0.333. The topological polar surface area (TPSA) is 37.8 Å². The zero-order valence-corrected chi connectivity index (χ0v) is 11.3. The summed E-state index contributed by atoms with van der Waals surface area (Å²) in [7, 11) is 0. The molecule has 3 nitrogen and oxygen atoms in total. The van der Waals surface area contributed by atoms with Gasteiger partial charge >= 0.3 is 0 Å². The second kappa shape index (κ2) is 5.47. The van der Waals surface area contributed by atoms with Crippen LogP contribution in [0.25, 0.3) is 0 Å². The van der Waals surface area contributed by atoms with Crippen LogP contribution in [0.3, 0.4) is 0 Å². The molecule has 2 rings (SSSR count). The summed E-state index contributed by atoms with van der Waals surface area (Å²) < 4.78 is 0. The zero-order valence-electron chi connectivity index (χ0n) is 9.72. The lowest BCUT2D eigenvalue weighted by Crippen LogP contribution is -2.16. The second-order valence-corrected chi connectivity index (χ2v) is 5.48. The SMILES string of the molecule is CC(C)C(Nc1cncc(Cl)n1)c1cccs1. The highest BCUT2D eigenvalue weighted by Gasteiger charge is 2.17. The van der Waals surface area contributed by atoms with Crippen LogP contribution in [0.5, 0.6) is 0 Å². The number of thiophene rings is 1. The monoisotopic (exact) mass is 267 g/mol. The quantitative estimate of drug-likeness (QED) is 0.910. The Morgan fingerprint density at radius 3 is 2.76 bits per heavy atom. The lowest BCUT2D eigenvalue weighted by Gasteiger charge is -2.21. The van der Waals surface area contributed by atoms with E-state index in [1.165, 1.54) is 11.1 Å². The van der Waals surface area contributed by atoms with Crippen molar-refractivity contribution < 1.29 is 0 Å². The molecule has 0 saturated carbocycles. The molecule has 1 unspecified atom stereocenters. The molecule has 1 atom stereocenters. The van der Waals surface area contributed by atoms with Crippen LogP contribution in [-0.4, -0.2) is 9.97 Å². The molecule has 0 aliphatic heterocycles. The third-order valence-corrected chi connectivity index (χ3v) is 3.56. The van der Waals surface area contributed by atoms with E-state index in [1.54, 1.807) is 17.5 Å². The molecule has 5 heteroatoms. The van der Waals surface area contributed by atoms with E-state index in [0.717, 1.165) is 0 Å².